The van der Waals surface area contributed by atoms with Crippen LogP contribution >= 0.6 is 11.6 Å². The second-order valence-corrected chi connectivity index (χ2v) is 7.69. The highest BCUT2D eigenvalue weighted by atomic mass is 35.5. The Labute approximate surface area is 174 Å². The van der Waals surface area contributed by atoms with Gasteiger partial charge in [0, 0.05) is 29.6 Å². The summed E-state index contributed by atoms with van der Waals surface area (Å²) in [4.78, 5) is 11.8. The minimum atomic E-state index is -5.04. The number of fused-ring (bicyclic) bond motifs is 2. The van der Waals surface area contributed by atoms with Crippen molar-refractivity contribution in [2.24, 2.45) is 0 Å². The van der Waals surface area contributed by atoms with Gasteiger partial charge in [-0.25, -0.2) is 14.5 Å². The number of hydrogen-bond acceptors (Lipinski definition) is 4. The van der Waals surface area contributed by atoms with Gasteiger partial charge in [-0.2, -0.15) is 31.4 Å². The standard InChI is InChI=1S/C18H11ClF6N6/c19-14-4-10(15-26-1-2-31(15)29-14)8-3-9(8)11-5-13-12(6-27-11)28-16(18(23,24)25)30(13)7-17(20,21)22/h1-2,4-6,8-9H,3,7H2/t8-,9-/m0/s1. The van der Waals surface area contributed by atoms with Crippen LogP contribution < -0.4 is 0 Å². The Morgan fingerprint density at radius 2 is 1.84 bits per heavy atom. The van der Waals surface area contributed by atoms with E-state index in [4.69, 9.17) is 11.6 Å². The minimum Gasteiger partial charge on any atom is -0.311 e. The van der Waals surface area contributed by atoms with Gasteiger partial charge in [0.1, 0.15) is 17.2 Å². The largest absolute Gasteiger partial charge is 0.449 e. The third kappa shape index (κ3) is 3.58. The number of hydrogen-bond donors (Lipinski definition) is 0. The zero-order valence-electron chi connectivity index (χ0n) is 15.3. The smallest absolute Gasteiger partial charge is 0.311 e. The van der Waals surface area contributed by atoms with E-state index in [0.29, 0.717) is 17.8 Å². The van der Waals surface area contributed by atoms with E-state index in [0.717, 1.165) is 11.8 Å². The van der Waals surface area contributed by atoms with Crippen LogP contribution in [0.2, 0.25) is 5.15 Å². The van der Waals surface area contributed by atoms with Crippen LogP contribution in [0.3, 0.4) is 0 Å². The summed E-state index contributed by atoms with van der Waals surface area (Å²) < 4.78 is 80.4. The summed E-state index contributed by atoms with van der Waals surface area (Å²) in [5.41, 5.74) is 1.24. The summed E-state index contributed by atoms with van der Waals surface area (Å²) in [5, 5.41) is 4.34. The zero-order valence-corrected chi connectivity index (χ0v) is 16.0. The van der Waals surface area contributed by atoms with E-state index in [2.05, 4.69) is 20.1 Å². The molecular formula is C18H11ClF6N6. The predicted molar refractivity (Wildman–Crippen MR) is 96.7 cm³/mol. The van der Waals surface area contributed by atoms with Crippen molar-refractivity contribution in [2.45, 2.75) is 37.2 Å². The van der Waals surface area contributed by atoms with Crippen molar-refractivity contribution >= 4 is 28.3 Å². The number of imidazole rings is 2. The van der Waals surface area contributed by atoms with Gasteiger partial charge in [-0.05, 0) is 24.5 Å². The average Bonchev–Trinajstić information content (AvgIpc) is 3.17. The van der Waals surface area contributed by atoms with Gasteiger partial charge < -0.3 is 4.57 Å². The molecule has 1 saturated carbocycles. The lowest BCUT2D eigenvalue weighted by molar-refractivity contribution is -0.160. The van der Waals surface area contributed by atoms with Crippen molar-refractivity contribution in [3.8, 4) is 0 Å². The van der Waals surface area contributed by atoms with E-state index in [9.17, 15) is 26.3 Å². The monoisotopic (exact) mass is 460 g/mol. The maximum atomic E-state index is 13.3. The van der Waals surface area contributed by atoms with Crippen LogP contribution in [0.1, 0.15) is 35.3 Å². The molecule has 31 heavy (non-hydrogen) atoms. The number of halogens is 7. The van der Waals surface area contributed by atoms with E-state index >= 15 is 0 Å². The van der Waals surface area contributed by atoms with Crippen molar-refractivity contribution < 1.29 is 26.3 Å². The molecule has 0 unspecified atom stereocenters. The first-order valence-electron chi connectivity index (χ1n) is 9.01. The number of nitrogens with zero attached hydrogens (tertiary/aromatic N) is 6. The first-order chi connectivity index (χ1) is 14.5. The van der Waals surface area contributed by atoms with E-state index in [1.54, 1.807) is 18.5 Å². The summed E-state index contributed by atoms with van der Waals surface area (Å²) in [7, 11) is 0. The molecule has 5 rings (SSSR count). The van der Waals surface area contributed by atoms with Crippen LogP contribution in [0.25, 0.3) is 16.7 Å². The lowest BCUT2D eigenvalue weighted by Crippen LogP contribution is -2.23. The molecule has 1 fully saturated rings. The molecule has 0 radical (unpaired) electrons. The highest BCUT2D eigenvalue weighted by molar-refractivity contribution is 6.29. The Bertz CT molecular complexity index is 1310. The SMILES string of the molecule is FC(F)(F)Cn1c(C(F)(F)F)nc2cnc([C@H]3C[C@@H]3c3cc(Cl)nn4ccnc34)cc21. The fraction of sp³-hybridized carbons (Fsp3) is 0.333. The molecule has 0 saturated heterocycles. The van der Waals surface area contributed by atoms with Gasteiger partial charge in [-0.1, -0.05) is 11.6 Å². The normalized spacial score (nSPS) is 19.5. The fourth-order valence-electron chi connectivity index (χ4n) is 3.85. The van der Waals surface area contributed by atoms with E-state index in [-0.39, 0.29) is 32.6 Å². The lowest BCUT2D eigenvalue weighted by Gasteiger charge is -2.13. The van der Waals surface area contributed by atoms with E-state index < -0.39 is 24.7 Å². The minimum absolute atomic E-state index is 0.0866. The second-order valence-electron chi connectivity index (χ2n) is 7.30. The predicted octanol–water partition coefficient (Wildman–Crippen LogP) is 4.98. The van der Waals surface area contributed by atoms with Crippen LogP contribution in [0.5, 0.6) is 0 Å². The van der Waals surface area contributed by atoms with Crippen LogP contribution in [-0.4, -0.2) is 35.3 Å². The molecule has 6 nitrogen and oxygen atoms in total. The molecule has 0 spiro atoms. The Kier molecular flexibility index (Phi) is 4.24. The molecule has 1 aliphatic carbocycles. The van der Waals surface area contributed by atoms with Gasteiger partial charge in [-0.15, -0.1) is 0 Å². The number of aromatic nitrogens is 6. The maximum Gasteiger partial charge on any atom is 0.449 e. The molecule has 0 aromatic carbocycles. The van der Waals surface area contributed by atoms with Crippen LogP contribution in [0, 0.1) is 0 Å². The molecule has 2 atom stereocenters. The molecule has 0 N–H and O–H groups in total. The van der Waals surface area contributed by atoms with Crippen molar-refractivity contribution in [1.29, 1.82) is 0 Å². The molecule has 4 aromatic heterocycles. The molecule has 1 aliphatic rings. The Morgan fingerprint density at radius 3 is 2.55 bits per heavy atom. The average molecular weight is 461 g/mol. The van der Waals surface area contributed by atoms with Gasteiger partial charge in [0.05, 0.1) is 11.7 Å². The topological polar surface area (TPSA) is 60.9 Å². The molecule has 4 aromatic rings. The quantitative estimate of drug-likeness (QED) is 0.405. The summed E-state index contributed by atoms with van der Waals surface area (Å²) >= 11 is 6.05. The van der Waals surface area contributed by atoms with Crippen molar-refractivity contribution in [1.82, 2.24) is 29.1 Å². The third-order valence-electron chi connectivity index (χ3n) is 5.17. The van der Waals surface area contributed by atoms with Gasteiger partial charge in [0.15, 0.2) is 5.65 Å². The Balaban J connectivity index is 1.56. The van der Waals surface area contributed by atoms with Crippen LogP contribution in [0.4, 0.5) is 26.3 Å². The van der Waals surface area contributed by atoms with Crippen molar-refractivity contribution in [3.63, 3.8) is 0 Å². The van der Waals surface area contributed by atoms with Gasteiger partial charge in [0.2, 0.25) is 5.82 Å². The Morgan fingerprint density at radius 1 is 1.06 bits per heavy atom. The third-order valence-corrected chi connectivity index (χ3v) is 5.36. The molecule has 4 heterocycles. The second kappa shape index (κ2) is 6.55. The maximum absolute atomic E-state index is 13.3. The van der Waals surface area contributed by atoms with Gasteiger partial charge in [-0.3, -0.25) is 4.98 Å². The molecule has 0 amide bonds. The zero-order chi connectivity index (χ0) is 22.1. The van der Waals surface area contributed by atoms with Gasteiger partial charge in [0.25, 0.3) is 0 Å². The lowest BCUT2D eigenvalue weighted by atomic mass is 10.1. The first kappa shape index (κ1) is 20.0. The number of alkyl halides is 6. The van der Waals surface area contributed by atoms with Crippen LogP contribution in [-0.2, 0) is 12.7 Å². The molecule has 162 valence electrons. The van der Waals surface area contributed by atoms with E-state index in [1.165, 1.54) is 10.6 Å². The number of pyridine rings is 1. The Hall–Kier alpha value is -2.89. The first-order valence-corrected chi connectivity index (χ1v) is 9.39. The highest BCUT2D eigenvalue weighted by Crippen LogP contribution is 2.55. The fourth-order valence-corrected chi connectivity index (χ4v) is 4.05. The van der Waals surface area contributed by atoms with Crippen LogP contribution in [0.15, 0.2) is 30.7 Å². The molecular weight excluding hydrogens is 450 g/mol. The van der Waals surface area contributed by atoms with Gasteiger partial charge >= 0.3 is 12.4 Å². The van der Waals surface area contributed by atoms with E-state index in [1.807, 2.05) is 0 Å². The summed E-state index contributed by atoms with van der Waals surface area (Å²) in [5.74, 6) is -1.89. The molecule has 13 heteroatoms. The summed E-state index contributed by atoms with van der Waals surface area (Å²) in [6.45, 7) is -1.80. The number of rotatable bonds is 3. The molecule has 0 aliphatic heterocycles. The highest BCUT2D eigenvalue weighted by Gasteiger charge is 2.44. The van der Waals surface area contributed by atoms with Crippen molar-refractivity contribution in [3.05, 3.63) is 53.0 Å². The van der Waals surface area contributed by atoms with Crippen molar-refractivity contribution in [2.75, 3.05) is 0 Å². The summed E-state index contributed by atoms with van der Waals surface area (Å²) in [6, 6.07) is 2.91. The summed E-state index contributed by atoms with van der Waals surface area (Å²) in [6.07, 6.45) is -5.03. The molecule has 0 bridgehead atoms.